The SMILES string of the molecule is CCOC(=O)c1csc(CN(C(=O)NCc2ccccc2)C2CCCCC2)n1. The van der Waals surface area contributed by atoms with Crippen molar-refractivity contribution >= 4 is 23.3 Å². The third-order valence-corrected chi connectivity index (χ3v) is 5.74. The molecular weight excluding hydrogens is 374 g/mol. The fraction of sp³-hybridized carbons (Fsp3) is 0.476. The quantitative estimate of drug-likeness (QED) is 0.700. The zero-order valence-corrected chi connectivity index (χ0v) is 17.0. The average Bonchev–Trinajstić information content (AvgIpc) is 3.21. The van der Waals surface area contributed by atoms with Gasteiger partial charge in [0.1, 0.15) is 5.01 Å². The summed E-state index contributed by atoms with van der Waals surface area (Å²) in [7, 11) is 0. The molecular formula is C21H27N3O3S. The van der Waals surface area contributed by atoms with Gasteiger partial charge in [-0.3, -0.25) is 0 Å². The molecule has 0 bridgehead atoms. The second kappa shape index (κ2) is 10.2. The van der Waals surface area contributed by atoms with Gasteiger partial charge < -0.3 is 15.0 Å². The molecule has 0 spiro atoms. The Bertz CT molecular complexity index is 772. The molecule has 1 fully saturated rings. The zero-order chi connectivity index (χ0) is 19.8. The molecule has 0 saturated heterocycles. The van der Waals surface area contributed by atoms with Crippen molar-refractivity contribution in [2.45, 2.75) is 58.2 Å². The van der Waals surface area contributed by atoms with Gasteiger partial charge in [-0.25, -0.2) is 14.6 Å². The molecule has 0 radical (unpaired) electrons. The average molecular weight is 402 g/mol. The Labute approximate surface area is 169 Å². The summed E-state index contributed by atoms with van der Waals surface area (Å²) >= 11 is 1.39. The number of amides is 2. The number of nitrogens with one attached hydrogen (secondary N) is 1. The van der Waals surface area contributed by atoms with Crippen molar-refractivity contribution in [3.8, 4) is 0 Å². The molecule has 1 aromatic heterocycles. The molecule has 150 valence electrons. The van der Waals surface area contributed by atoms with Gasteiger partial charge in [0.15, 0.2) is 5.69 Å². The van der Waals surface area contributed by atoms with Crippen LogP contribution in [-0.2, 0) is 17.8 Å². The third-order valence-electron chi connectivity index (χ3n) is 4.90. The smallest absolute Gasteiger partial charge is 0.357 e. The number of ether oxygens (including phenoxy) is 1. The maximum Gasteiger partial charge on any atom is 0.357 e. The summed E-state index contributed by atoms with van der Waals surface area (Å²) < 4.78 is 5.01. The molecule has 1 N–H and O–H groups in total. The lowest BCUT2D eigenvalue weighted by Crippen LogP contribution is -2.46. The van der Waals surface area contributed by atoms with Crippen molar-refractivity contribution in [2.24, 2.45) is 0 Å². The van der Waals surface area contributed by atoms with E-state index in [9.17, 15) is 9.59 Å². The van der Waals surface area contributed by atoms with Gasteiger partial charge in [0.2, 0.25) is 0 Å². The van der Waals surface area contributed by atoms with E-state index in [1.54, 1.807) is 12.3 Å². The number of thiazole rings is 1. The summed E-state index contributed by atoms with van der Waals surface area (Å²) in [6, 6.07) is 10.0. The maximum atomic E-state index is 13.0. The Morgan fingerprint density at radius 2 is 1.96 bits per heavy atom. The van der Waals surface area contributed by atoms with Crippen molar-refractivity contribution in [1.29, 1.82) is 0 Å². The van der Waals surface area contributed by atoms with E-state index in [0.29, 0.717) is 25.4 Å². The molecule has 1 heterocycles. The second-order valence-electron chi connectivity index (χ2n) is 6.91. The van der Waals surface area contributed by atoms with Gasteiger partial charge in [0, 0.05) is 18.0 Å². The third kappa shape index (κ3) is 5.55. The number of hydrogen-bond donors (Lipinski definition) is 1. The lowest BCUT2D eigenvalue weighted by molar-refractivity contribution is 0.0520. The van der Waals surface area contributed by atoms with Crippen molar-refractivity contribution in [2.75, 3.05) is 6.61 Å². The highest BCUT2D eigenvalue weighted by atomic mass is 32.1. The molecule has 2 amide bonds. The number of esters is 1. The molecule has 0 aliphatic heterocycles. The van der Waals surface area contributed by atoms with Crippen LogP contribution in [0.25, 0.3) is 0 Å². The minimum absolute atomic E-state index is 0.0800. The topological polar surface area (TPSA) is 71.5 Å². The van der Waals surface area contributed by atoms with E-state index in [4.69, 9.17) is 4.74 Å². The number of aromatic nitrogens is 1. The molecule has 7 heteroatoms. The fourth-order valence-electron chi connectivity index (χ4n) is 3.46. The molecule has 2 aromatic rings. The number of nitrogens with zero attached hydrogens (tertiary/aromatic N) is 2. The van der Waals surface area contributed by atoms with Crippen LogP contribution in [0.15, 0.2) is 35.7 Å². The Morgan fingerprint density at radius 3 is 2.68 bits per heavy atom. The lowest BCUT2D eigenvalue weighted by Gasteiger charge is -2.34. The van der Waals surface area contributed by atoms with Crippen LogP contribution in [0.4, 0.5) is 4.79 Å². The molecule has 28 heavy (non-hydrogen) atoms. The monoisotopic (exact) mass is 401 g/mol. The van der Waals surface area contributed by atoms with Crippen LogP contribution in [0.5, 0.6) is 0 Å². The molecule has 0 atom stereocenters. The van der Waals surface area contributed by atoms with Crippen molar-refractivity contribution < 1.29 is 14.3 Å². The van der Waals surface area contributed by atoms with Crippen LogP contribution in [0.2, 0.25) is 0 Å². The van der Waals surface area contributed by atoms with Crippen LogP contribution in [0, 0.1) is 0 Å². The van der Waals surface area contributed by atoms with Gasteiger partial charge in [0.25, 0.3) is 0 Å². The van der Waals surface area contributed by atoms with E-state index >= 15 is 0 Å². The number of urea groups is 1. The molecule has 6 nitrogen and oxygen atoms in total. The number of benzene rings is 1. The molecule has 1 aliphatic carbocycles. The molecule has 1 saturated carbocycles. The number of carbonyl (C=O) groups is 2. The van der Waals surface area contributed by atoms with Gasteiger partial charge >= 0.3 is 12.0 Å². The van der Waals surface area contributed by atoms with E-state index < -0.39 is 5.97 Å². The first-order chi connectivity index (χ1) is 13.7. The predicted octanol–water partition coefficient (Wildman–Crippen LogP) is 4.36. The van der Waals surface area contributed by atoms with Crippen LogP contribution >= 0.6 is 11.3 Å². The van der Waals surface area contributed by atoms with Crippen LogP contribution < -0.4 is 5.32 Å². The van der Waals surface area contributed by atoms with E-state index in [0.717, 1.165) is 36.3 Å². The number of carbonyl (C=O) groups excluding carboxylic acids is 2. The van der Waals surface area contributed by atoms with Crippen molar-refractivity contribution in [1.82, 2.24) is 15.2 Å². The molecule has 1 aromatic carbocycles. The minimum Gasteiger partial charge on any atom is -0.461 e. The largest absolute Gasteiger partial charge is 0.461 e. The van der Waals surface area contributed by atoms with E-state index in [1.165, 1.54) is 17.8 Å². The van der Waals surface area contributed by atoms with E-state index in [2.05, 4.69) is 10.3 Å². The highest BCUT2D eigenvalue weighted by molar-refractivity contribution is 7.09. The summed E-state index contributed by atoms with van der Waals surface area (Å²) in [6.45, 7) is 3.00. The summed E-state index contributed by atoms with van der Waals surface area (Å²) in [5, 5.41) is 5.49. The second-order valence-corrected chi connectivity index (χ2v) is 7.85. The van der Waals surface area contributed by atoms with Gasteiger partial charge in [-0.1, -0.05) is 49.6 Å². The van der Waals surface area contributed by atoms with Gasteiger partial charge in [0.05, 0.1) is 13.2 Å². The summed E-state index contributed by atoms with van der Waals surface area (Å²) in [5.74, 6) is -0.414. The standard InChI is InChI=1S/C21H27N3O3S/c1-2-27-20(25)18-15-28-19(23-18)14-24(17-11-7-4-8-12-17)21(26)22-13-16-9-5-3-6-10-16/h3,5-6,9-10,15,17H,2,4,7-8,11-14H2,1H3,(H,22,26). The van der Waals surface area contributed by atoms with Gasteiger partial charge in [-0.05, 0) is 25.3 Å². The highest BCUT2D eigenvalue weighted by Crippen LogP contribution is 2.25. The first-order valence-electron chi connectivity index (χ1n) is 9.87. The van der Waals surface area contributed by atoms with E-state index in [1.807, 2.05) is 35.2 Å². The van der Waals surface area contributed by atoms with E-state index in [-0.39, 0.29) is 12.1 Å². The number of hydrogen-bond acceptors (Lipinski definition) is 5. The highest BCUT2D eigenvalue weighted by Gasteiger charge is 2.26. The lowest BCUT2D eigenvalue weighted by atomic mass is 9.94. The van der Waals surface area contributed by atoms with Crippen molar-refractivity contribution in [3.05, 3.63) is 52.0 Å². The Hall–Kier alpha value is -2.41. The Balaban J connectivity index is 1.68. The predicted molar refractivity (Wildman–Crippen MR) is 109 cm³/mol. The first kappa shape index (κ1) is 20.3. The molecule has 0 unspecified atom stereocenters. The normalized spacial score (nSPS) is 14.5. The Kier molecular flexibility index (Phi) is 7.42. The Morgan fingerprint density at radius 1 is 1.21 bits per heavy atom. The summed E-state index contributed by atoms with van der Waals surface area (Å²) in [5.41, 5.74) is 1.38. The first-order valence-corrected chi connectivity index (χ1v) is 10.7. The minimum atomic E-state index is -0.414. The number of rotatable bonds is 7. The molecule has 1 aliphatic rings. The van der Waals surface area contributed by atoms with Gasteiger partial charge in [-0.2, -0.15) is 0 Å². The van der Waals surface area contributed by atoms with Gasteiger partial charge in [-0.15, -0.1) is 11.3 Å². The van der Waals surface area contributed by atoms with Crippen LogP contribution in [0.1, 0.15) is 60.1 Å². The van der Waals surface area contributed by atoms with Crippen LogP contribution in [0.3, 0.4) is 0 Å². The summed E-state index contributed by atoms with van der Waals surface area (Å²) in [6.07, 6.45) is 5.52. The summed E-state index contributed by atoms with van der Waals surface area (Å²) in [4.78, 5) is 31.1. The molecule has 3 rings (SSSR count). The van der Waals surface area contributed by atoms with Crippen molar-refractivity contribution in [3.63, 3.8) is 0 Å². The zero-order valence-electron chi connectivity index (χ0n) is 16.2. The van der Waals surface area contributed by atoms with Crippen LogP contribution in [-0.4, -0.2) is 34.5 Å². The maximum absolute atomic E-state index is 13.0. The fourth-order valence-corrected chi connectivity index (χ4v) is 4.22.